The van der Waals surface area contributed by atoms with Crippen molar-refractivity contribution in [3.05, 3.63) is 66.0 Å². The second-order valence-corrected chi connectivity index (χ2v) is 5.39. The summed E-state index contributed by atoms with van der Waals surface area (Å²) in [5, 5.41) is 8.83. The third kappa shape index (κ3) is 4.29. The van der Waals surface area contributed by atoms with Crippen LogP contribution in [0.5, 0.6) is 0 Å². The molecular weight excluding hydrogens is 320 g/mol. The number of hydrogen-bond donors (Lipinski definition) is 2. The van der Waals surface area contributed by atoms with E-state index in [0.29, 0.717) is 11.6 Å². The number of nitrogens with zero attached hydrogens (tertiary/aromatic N) is 2. The van der Waals surface area contributed by atoms with Gasteiger partial charge in [0.2, 0.25) is 5.91 Å². The summed E-state index contributed by atoms with van der Waals surface area (Å²) in [4.78, 5) is 28.0. The lowest BCUT2D eigenvalue weighted by Crippen LogP contribution is -2.33. The highest BCUT2D eigenvalue weighted by Crippen LogP contribution is 2.19. The number of pyridine rings is 1. The largest absolute Gasteiger partial charge is 0.355 e. The molecule has 7 nitrogen and oxygen atoms in total. The summed E-state index contributed by atoms with van der Waals surface area (Å²) >= 11 is 0. The van der Waals surface area contributed by atoms with E-state index in [9.17, 15) is 9.59 Å². The van der Waals surface area contributed by atoms with Crippen LogP contribution in [-0.4, -0.2) is 28.5 Å². The molecule has 2 amide bonds. The van der Waals surface area contributed by atoms with Gasteiger partial charge in [0, 0.05) is 17.8 Å². The molecule has 0 aliphatic rings. The average Bonchev–Trinajstić information content (AvgIpc) is 3.13. The van der Waals surface area contributed by atoms with Crippen molar-refractivity contribution < 1.29 is 14.1 Å². The molecule has 0 radical (unpaired) electrons. The molecule has 0 bridgehead atoms. The van der Waals surface area contributed by atoms with E-state index >= 15 is 0 Å². The lowest BCUT2D eigenvalue weighted by molar-refractivity contribution is -0.115. The highest BCUT2D eigenvalue weighted by atomic mass is 16.5. The van der Waals surface area contributed by atoms with Gasteiger partial charge in [-0.1, -0.05) is 41.6 Å². The number of aromatic nitrogens is 2. The Hall–Kier alpha value is -3.48. The lowest BCUT2D eigenvalue weighted by atomic mass is 10.1. The predicted molar refractivity (Wildman–Crippen MR) is 91.9 cm³/mol. The molecule has 3 rings (SSSR count). The van der Waals surface area contributed by atoms with Crippen LogP contribution in [0.4, 0.5) is 5.82 Å². The number of amides is 2. The van der Waals surface area contributed by atoms with Gasteiger partial charge in [-0.15, -0.1) is 0 Å². The first kappa shape index (κ1) is 16.4. The van der Waals surface area contributed by atoms with Crippen molar-refractivity contribution in [2.75, 3.05) is 11.9 Å². The molecule has 0 fully saturated rings. The maximum atomic E-state index is 12.1. The van der Waals surface area contributed by atoms with E-state index < -0.39 is 5.91 Å². The molecule has 0 aliphatic carbocycles. The Morgan fingerprint density at radius 1 is 1.12 bits per heavy atom. The maximum Gasteiger partial charge on any atom is 0.273 e. The standard InChI is InChI=1S/C18H16N4O3/c1-12-7-8-16(19-10-12)21-17(23)11-20-18(24)14-9-15(25-22-14)13-5-3-2-4-6-13/h2-10H,11H2,1H3,(H,20,24)(H,19,21,23). The Kier molecular flexibility index (Phi) is 4.84. The highest BCUT2D eigenvalue weighted by Gasteiger charge is 2.14. The normalized spacial score (nSPS) is 10.3. The fourth-order valence-corrected chi connectivity index (χ4v) is 2.10. The van der Waals surface area contributed by atoms with Gasteiger partial charge in [0.05, 0.1) is 6.54 Å². The minimum absolute atomic E-state index is 0.111. The van der Waals surface area contributed by atoms with Gasteiger partial charge in [0.15, 0.2) is 11.5 Å². The molecular formula is C18H16N4O3. The van der Waals surface area contributed by atoms with Gasteiger partial charge >= 0.3 is 0 Å². The van der Waals surface area contributed by atoms with Crippen LogP contribution >= 0.6 is 0 Å². The van der Waals surface area contributed by atoms with Gasteiger partial charge in [0.25, 0.3) is 5.91 Å². The van der Waals surface area contributed by atoms with E-state index in [2.05, 4.69) is 20.8 Å². The first-order valence-corrected chi connectivity index (χ1v) is 7.64. The zero-order chi connectivity index (χ0) is 17.6. The molecule has 2 aromatic heterocycles. The molecule has 25 heavy (non-hydrogen) atoms. The molecule has 2 heterocycles. The Labute approximate surface area is 144 Å². The predicted octanol–water partition coefficient (Wildman–Crippen LogP) is 2.41. The topological polar surface area (TPSA) is 97.1 Å². The summed E-state index contributed by atoms with van der Waals surface area (Å²) in [6, 6.07) is 14.4. The summed E-state index contributed by atoms with van der Waals surface area (Å²) in [7, 11) is 0. The molecule has 0 atom stereocenters. The van der Waals surface area contributed by atoms with Crippen LogP contribution in [0.3, 0.4) is 0 Å². The Balaban J connectivity index is 1.55. The van der Waals surface area contributed by atoms with E-state index in [-0.39, 0.29) is 18.1 Å². The van der Waals surface area contributed by atoms with Crippen LogP contribution in [0.1, 0.15) is 16.1 Å². The van der Waals surface area contributed by atoms with Gasteiger partial charge < -0.3 is 15.2 Å². The number of nitrogens with one attached hydrogen (secondary N) is 2. The number of rotatable bonds is 5. The average molecular weight is 336 g/mol. The Bertz CT molecular complexity index is 873. The highest BCUT2D eigenvalue weighted by molar-refractivity contribution is 5.98. The SMILES string of the molecule is Cc1ccc(NC(=O)CNC(=O)c2cc(-c3ccccc3)on2)nc1. The molecule has 0 saturated carbocycles. The molecule has 0 spiro atoms. The third-order valence-electron chi connectivity index (χ3n) is 3.39. The van der Waals surface area contributed by atoms with Crippen molar-refractivity contribution in [1.82, 2.24) is 15.5 Å². The zero-order valence-electron chi connectivity index (χ0n) is 13.5. The third-order valence-corrected chi connectivity index (χ3v) is 3.39. The van der Waals surface area contributed by atoms with E-state index in [1.807, 2.05) is 43.3 Å². The Morgan fingerprint density at radius 3 is 2.64 bits per heavy atom. The van der Waals surface area contributed by atoms with Crippen molar-refractivity contribution in [3.8, 4) is 11.3 Å². The summed E-state index contributed by atoms with van der Waals surface area (Å²) in [5.74, 6) is 0.0473. The Morgan fingerprint density at radius 2 is 1.92 bits per heavy atom. The van der Waals surface area contributed by atoms with Gasteiger partial charge in [-0.3, -0.25) is 9.59 Å². The van der Waals surface area contributed by atoms with Crippen molar-refractivity contribution >= 4 is 17.6 Å². The smallest absolute Gasteiger partial charge is 0.273 e. The van der Waals surface area contributed by atoms with Crippen molar-refractivity contribution in [1.29, 1.82) is 0 Å². The van der Waals surface area contributed by atoms with Gasteiger partial charge in [-0.2, -0.15) is 0 Å². The quantitative estimate of drug-likeness (QED) is 0.746. The van der Waals surface area contributed by atoms with E-state index in [1.54, 1.807) is 12.3 Å². The van der Waals surface area contributed by atoms with Crippen molar-refractivity contribution in [2.45, 2.75) is 6.92 Å². The fourth-order valence-electron chi connectivity index (χ4n) is 2.10. The number of benzene rings is 1. The summed E-state index contributed by atoms with van der Waals surface area (Å²) in [5.41, 5.74) is 1.92. The summed E-state index contributed by atoms with van der Waals surface area (Å²) in [6.45, 7) is 1.71. The van der Waals surface area contributed by atoms with Crippen LogP contribution in [-0.2, 0) is 4.79 Å². The van der Waals surface area contributed by atoms with Crippen LogP contribution in [0.2, 0.25) is 0 Å². The first-order valence-electron chi connectivity index (χ1n) is 7.64. The molecule has 2 N–H and O–H groups in total. The monoisotopic (exact) mass is 336 g/mol. The summed E-state index contributed by atoms with van der Waals surface area (Å²) < 4.78 is 5.16. The minimum Gasteiger partial charge on any atom is -0.355 e. The van der Waals surface area contributed by atoms with Crippen molar-refractivity contribution in [2.24, 2.45) is 0 Å². The minimum atomic E-state index is -0.488. The molecule has 7 heteroatoms. The number of anilines is 1. The second kappa shape index (κ2) is 7.39. The molecule has 3 aromatic rings. The zero-order valence-corrected chi connectivity index (χ0v) is 13.5. The van der Waals surface area contributed by atoms with Crippen LogP contribution < -0.4 is 10.6 Å². The van der Waals surface area contributed by atoms with Gasteiger partial charge in [-0.05, 0) is 18.6 Å². The maximum absolute atomic E-state index is 12.1. The van der Waals surface area contributed by atoms with E-state index in [4.69, 9.17) is 4.52 Å². The van der Waals surface area contributed by atoms with Crippen LogP contribution in [0, 0.1) is 6.92 Å². The van der Waals surface area contributed by atoms with Crippen molar-refractivity contribution in [3.63, 3.8) is 0 Å². The van der Waals surface area contributed by atoms with Crippen LogP contribution in [0.15, 0.2) is 59.3 Å². The van der Waals surface area contributed by atoms with Crippen LogP contribution in [0.25, 0.3) is 11.3 Å². The molecule has 0 saturated heterocycles. The van der Waals surface area contributed by atoms with Gasteiger partial charge in [-0.25, -0.2) is 4.98 Å². The van der Waals surface area contributed by atoms with E-state index in [0.717, 1.165) is 11.1 Å². The van der Waals surface area contributed by atoms with E-state index in [1.165, 1.54) is 6.07 Å². The lowest BCUT2D eigenvalue weighted by Gasteiger charge is -2.05. The summed E-state index contributed by atoms with van der Waals surface area (Å²) in [6.07, 6.45) is 1.65. The van der Waals surface area contributed by atoms with Gasteiger partial charge in [0.1, 0.15) is 5.82 Å². The first-order chi connectivity index (χ1) is 12.1. The molecule has 1 aromatic carbocycles. The second-order valence-electron chi connectivity index (χ2n) is 5.39. The molecule has 0 aliphatic heterocycles. The number of aryl methyl sites for hydroxylation is 1. The number of hydrogen-bond acceptors (Lipinski definition) is 5. The number of carbonyl (C=O) groups excluding carboxylic acids is 2. The number of carbonyl (C=O) groups is 2. The fraction of sp³-hybridized carbons (Fsp3) is 0.111. The molecule has 126 valence electrons. The molecule has 0 unspecified atom stereocenters.